The van der Waals surface area contributed by atoms with Crippen molar-refractivity contribution < 1.29 is 9.53 Å². The van der Waals surface area contributed by atoms with Gasteiger partial charge in [0.05, 0.1) is 11.2 Å². The average Bonchev–Trinajstić information content (AvgIpc) is 2.86. The Bertz CT molecular complexity index is 403. The Kier molecular flexibility index (Phi) is 3.49. The molecule has 0 saturated carbocycles. The van der Waals surface area contributed by atoms with E-state index >= 15 is 0 Å². The molecule has 0 aromatic carbocycles. The standard InChI is InChI=1S/C12H18N2O2S/c1-12(2,3)16-11(15)9-7-14-10(17-9)8-4-5-13-6-8/h7-8,13H,4-6H2,1-3H3. The second-order valence-corrected chi connectivity index (χ2v) is 6.32. The van der Waals surface area contributed by atoms with Crippen molar-refractivity contribution in [2.24, 2.45) is 0 Å². The van der Waals surface area contributed by atoms with Crippen LogP contribution in [0.5, 0.6) is 0 Å². The summed E-state index contributed by atoms with van der Waals surface area (Å²) >= 11 is 1.45. The Morgan fingerprint density at radius 3 is 2.94 bits per heavy atom. The molecule has 0 aliphatic carbocycles. The fourth-order valence-electron chi connectivity index (χ4n) is 1.76. The fourth-order valence-corrected chi connectivity index (χ4v) is 2.69. The minimum absolute atomic E-state index is 0.271. The zero-order chi connectivity index (χ0) is 12.5. The summed E-state index contributed by atoms with van der Waals surface area (Å²) in [6, 6.07) is 0. The molecule has 17 heavy (non-hydrogen) atoms. The van der Waals surface area contributed by atoms with Gasteiger partial charge in [0.25, 0.3) is 0 Å². The Hall–Kier alpha value is -0.940. The molecule has 2 heterocycles. The van der Waals surface area contributed by atoms with E-state index in [0.717, 1.165) is 24.5 Å². The van der Waals surface area contributed by atoms with E-state index in [2.05, 4.69) is 10.3 Å². The Balaban J connectivity index is 2.04. The lowest BCUT2D eigenvalue weighted by Crippen LogP contribution is -2.23. The largest absolute Gasteiger partial charge is 0.456 e. The normalized spacial score (nSPS) is 20.5. The first-order valence-electron chi connectivity index (χ1n) is 5.85. The highest BCUT2D eigenvalue weighted by Crippen LogP contribution is 2.27. The van der Waals surface area contributed by atoms with Crippen molar-refractivity contribution in [2.75, 3.05) is 13.1 Å². The first kappa shape index (κ1) is 12.5. The van der Waals surface area contributed by atoms with Crippen LogP contribution in [0.4, 0.5) is 0 Å². The topological polar surface area (TPSA) is 51.2 Å². The Morgan fingerprint density at radius 1 is 1.59 bits per heavy atom. The Labute approximate surface area is 105 Å². The van der Waals surface area contributed by atoms with Gasteiger partial charge in [-0.2, -0.15) is 0 Å². The summed E-state index contributed by atoms with van der Waals surface area (Å²) in [6.07, 6.45) is 2.73. The maximum absolute atomic E-state index is 11.8. The number of ether oxygens (including phenoxy) is 1. The third-order valence-corrected chi connectivity index (χ3v) is 3.67. The number of carbonyl (C=O) groups excluding carboxylic acids is 1. The summed E-state index contributed by atoms with van der Waals surface area (Å²) in [6.45, 7) is 7.60. The van der Waals surface area contributed by atoms with E-state index in [-0.39, 0.29) is 5.97 Å². The molecule has 1 N–H and O–H groups in total. The van der Waals surface area contributed by atoms with E-state index in [1.54, 1.807) is 6.20 Å². The molecule has 4 nitrogen and oxygen atoms in total. The molecule has 1 saturated heterocycles. The van der Waals surface area contributed by atoms with E-state index in [4.69, 9.17) is 4.74 Å². The predicted octanol–water partition coefficient (Wildman–Crippen LogP) is 2.18. The number of nitrogens with one attached hydrogen (secondary N) is 1. The number of carbonyl (C=O) groups is 1. The van der Waals surface area contributed by atoms with Gasteiger partial charge in [-0.05, 0) is 33.7 Å². The van der Waals surface area contributed by atoms with Crippen molar-refractivity contribution in [2.45, 2.75) is 38.7 Å². The van der Waals surface area contributed by atoms with Crippen molar-refractivity contribution in [1.29, 1.82) is 0 Å². The lowest BCUT2D eigenvalue weighted by atomic mass is 10.1. The molecule has 0 bridgehead atoms. The molecule has 1 aliphatic heterocycles. The van der Waals surface area contributed by atoms with E-state index < -0.39 is 5.60 Å². The van der Waals surface area contributed by atoms with Crippen LogP contribution in [0.2, 0.25) is 0 Å². The van der Waals surface area contributed by atoms with Gasteiger partial charge < -0.3 is 10.1 Å². The van der Waals surface area contributed by atoms with Crippen LogP contribution in [0, 0.1) is 0 Å². The molecule has 2 rings (SSSR count). The molecule has 1 aliphatic rings. The Morgan fingerprint density at radius 2 is 2.35 bits per heavy atom. The summed E-state index contributed by atoms with van der Waals surface area (Å²) in [5.74, 6) is 0.184. The number of thiazole rings is 1. The highest BCUT2D eigenvalue weighted by molar-refractivity contribution is 7.13. The van der Waals surface area contributed by atoms with Gasteiger partial charge in [0.15, 0.2) is 0 Å². The maximum Gasteiger partial charge on any atom is 0.350 e. The SMILES string of the molecule is CC(C)(C)OC(=O)c1cnc(C2CCNC2)s1. The summed E-state index contributed by atoms with van der Waals surface area (Å²) < 4.78 is 5.32. The third-order valence-electron chi connectivity index (χ3n) is 2.53. The minimum Gasteiger partial charge on any atom is -0.456 e. The molecule has 1 atom stereocenters. The number of nitrogens with zero attached hydrogens (tertiary/aromatic N) is 1. The number of hydrogen-bond acceptors (Lipinski definition) is 5. The second kappa shape index (κ2) is 4.74. The summed E-state index contributed by atoms with van der Waals surface area (Å²) in [4.78, 5) is 16.7. The first-order chi connectivity index (χ1) is 7.96. The van der Waals surface area contributed by atoms with Crippen LogP contribution in [-0.2, 0) is 4.74 Å². The molecular weight excluding hydrogens is 236 g/mol. The molecule has 0 radical (unpaired) electrons. The van der Waals surface area contributed by atoms with E-state index in [0.29, 0.717) is 10.8 Å². The van der Waals surface area contributed by atoms with Gasteiger partial charge >= 0.3 is 5.97 Å². The second-order valence-electron chi connectivity index (χ2n) is 5.25. The summed E-state index contributed by atoms with van der Waals surface area (Å²) in [5, 5.41) is 4.34. The molecule has 1 fully saturated rings. The molecule has 1 aromatic heterocycles. The van der Waals surface area contributed by atoms with Gasteiger partial charge in [-0.25, -0.2) is 9.78 Å². The quantitative estimate of drug-likeness (QED) is 0.822. The number of aromatic nitrogens is 1. The summed E-state index contributed by atoms with van der Waals surface area (Å²) in [5.41, 5.74) is -0.448. The molecule has 5 heteroatoms. The fraction of sp³-hybridized carbons (Fsp3) is 0.667. The van der Waals surface area contributed by atoms with Crippen LogP contribution in [0.15, 0.2) is 6.20 Å². The van der Waals surface area contributed by atoms with Crippen molar-refractivity contribution in [1.82, 2.24) is 10.3 Å². The molecular formula is C12H18N2O2S. The lowest BCUT2D eigenvalue weighted by molar-refractivity contribution is 0.00750. The van der Waals surface area contributed by atoms with E-state index in [1.165, 1.54) is 11.3 Å². The zero-order valence-electron chi connectivity index (χ0n) is 10.4. The first-order valence-corrected chi connectivity index (χ1v) is 6.67. The van der Waals surface area contributed by atoms with Crippen LogP contribution in [0.1, 0.15) is 47.8 Å². The molecule has 1 aromatic rings. The third kappa shape index (κ3) is 3.26. The van der Waals surface area contributed by atoms with Gasteiger partial charge in [0.2, 0.25) is 0 Å². The van der Waals surface area contributed by atoms with E-state index in [9.17, 15) is 4.79 Å². The lowest BCUT2D eigenvalue weighted by Gasteiger charge is -2.18. The van der Waals surface area contributed by atoms with Gasteiger partial charge in [-0.3, -0.25) is 0 Å². The van der Waals surface area contributed by atoms with Gasteiger partial charge in [0, 0.05) is 12.5 Å². The number of esters is 1. The van der Waals surface area contributed by atoms with Crippen LogP contribution < -0.4 is 5.32 Å². The van der Waals surface area contributed by atoms with Crippen LogP contribution >= 0.6 is 11.3 Å². The minimum atomic E-state index is -0.448. The van der Waals surface area contributed by atoms with Crippen LogP contribution in [-0.4, -0.2) is 29.6 Å². The van der Waals surface area contributed by atoms with Gasteiger partial charge in [0.1, 0.15) is 10.5 Å². The monoisotopic (exact) mass is 254 g/mol. The molecule has 0 amide bonds. The van der Waals surface area contributed by atoms with Crippen molar-refractivity contribution >= 4 is 17.3 Å². The zero-order valence-corrected chi connectivity index (χ0v) is 11.3. The van der Waals surface area contributed by atoms with Crippen molar-refractivity contribution in [3.8, 4) is 0 Å². The smallest absolute Gasteiger partial charge is 0.350 e. The molecule has 1 unspecified atom stereocenters. The molecule has 0 spiro atoms. The molecule has 94 valence electrons. The van der Waals surface area contributed by atoms with E-state index in [1.807, 2.05) is 20.8 Å². The van der Waals surface area contributed by atoms with Gasteiger partial charge in [-0.15, -0.1) is 11.3 Å². The maximum atomic E-state index is 11.8. The van der Waals surface area contributed by atoms with Crippen molar-refractivity contribution in [3.63, 3.8) is 0 Å². The number of hydrogen-bond donors (Lipinski definition) is 1. The van der Waals surface area contributed by atoms with Gasteiger partial charge in [-0.1, -0.05) is 0 Å². The van der Waals surface area contributed by atoms with Crippen LogP contribution in [0.25, 0.3) is 0 Å². The summed E-state index contributed by atoms with van der Waals surface area (Å²) in [7, 11) is 0. The highest BCUT2D eigenvalue weighted by atomic mass is 32.1. The van der Waals surface area contributed by atoms with Crippen LogP contribution in [0.3, 0.4) is 0 Å². The predicted molar refractivity (Wildman–Crippen MR) is 67.5 cm³/mol. The highest BCUT2D eigenvalue weighted by Gasteiger charge is 2.24. The average molecular weight is 254 g/mol. The van der Waals surface area contributed by atoms with Crippen molar-refractivity contribution in [3.05, 3.63) is 16.1 Å². The number of rotatable bonds is 2.